The first kappa shape index (κ1) is 17.8. The molecule has 0 atom stereocenters. The molecule has 3 heteroatoms. The predicted octanol–water partition coefficient (Wildman–Crippen LogP) is 4.72. The molecule has 0 saturated heterocycles. The Balaban J connectivity index is 3.04. The second-order valence-electron chi connectivity index (χ2n) is 6.06. The Morgan fingerprint density at radius 3 is 1.85 bits per heavy atom. The molecular formula is C17H32N2Sn. The van der Waals surface area contributed by atoms with E-state index in [1.54, 1.807) is 3.58 Å². The SMILES string of the molecule is CCC[CH2][Sn]([CH2]CCC)([CH2]CCC)[c]1ccnc(N)c1. The molecule has 0 aliphatic rings. The summed E-state index contributed by atoms with van der Waals surface area (Å²) in [6.07, 6.45) is 10.1. The van der Waals surface area contributed by atoms with Crippen LogP contribution in [0.2, 0.25) is 13.3 Å². The zero-order chi connectivity index (χ0) is 14.8. The third-order valence-electron chi connectivity index (χ3n) is 4.42. The minimum atomic E-state index is -2.26. The van der Waals surface area contributed by atoms with Gasteiger partial charge in [0.25, 0.3) is 0 Å². The third-order valence-corrected chi connectivity index (χ3v) is 20.0. The molecule has 0 spiro atoms. The van der Waals surface area contributed by atoms with E-state index in [0.717, 1.165) is 0 Å². The number of aromatic nitrogens is 1. The number of pyridine rings is 1. The number of anilines is 1. The van der Waals surface area contributed by atoms with Crippen LogP contribution >= 0.6 is 0 Å². The van der Waals surface area contributed by atoms with Crippen LogP contribution in [-0.2, 0) is 0 Å². The van der Waals surface area contributed by atoms with Gasteiger partial charge in [0.1, 0.15) is 0 Å². The summed E-state index contributed by atoms with van der Waals surface area (Å²) in [5.74, 6) is 0.716. The fourth-order valence-corrected chi connectivity index (χ4v) is 19.1. The van der Waals surface area contributed by atoms with Gasteiger partial charge in [-0.3, -0.25) is 0 Å². The number of rotatable bonds is 10. The molecule has 2 N–H and O–H groups in total. The van der Waals surface area contributed by atoms with E-state index in [1.807, 2.05) is 6.20 Å². The van der Waals surface area contributed by atoms with Gasteiger partial charge >= 0.3 is 129 Å². The van der Waals surface area contributed by atoms with Crippen molar-refractivity contribution in [1.29, 1.82) is 0 Å². The van der Waals surface area contributed by atoms with Crippen molar-refractivity contribution < 1.29 is 0 Å². The van der Waals surface area contributed by atoms with Crippen molar-refractivity contribution in [2.75, 3.05) is 5.73 Å². The first-order valence-corrected chi connectivity index (χ1v) is 15.9. The molecule has 0 amide bonds. The summed E-state index contributed by atoms with van der Waals surface area (Å²) < 4.78 is 6.11. The molecule has 0 aromatic carbocycles. The van der Waals surface area contributed by atoms with E-state index in [2.05, 4.69) is 37.9 Å². The van der Waals surface area contributed by atoms with Gasteiger partial charge in [-0.1, -0.05) is 0 Å². The zero-order valence-corrected chi connectivity index (χ0v) is 16.5. The van der Waals surface area contributed by atoms with Crippen LogP contribution < -0.4 is 9.31 Å². The molecule has 0 radical (unpaired) electrons. The molecule has 1 aromatic heterocycles. The standard InChI is InChI=1S/C5H5N2.3C4H9.Sn/c6-5-3-1-2-4-7-5;3*1-3-4-2;/h2-4H,(H2,6,7);3*1,3-4H2,2H3;. The van der Waals surface area contributed by atoms with Crippen LogP contribution in [0.5, 0.6) is 0 Å². The van der Waals surface area contributed by atoms with Crippen molar-refractivity contribution in [2.45, 2.75) is 72.6 Å². The first-order valence-electron chi connectivity index (χ1n) is 8.40. The van der Waals surface area contributed by atoms with Crippen LogP contribution in [0, 0.1) is 0 Å². The fraction of sp³-hybridized carbons (Fsp3) is 0.706. The van der Waals surface area contributed by atoms with E-state index >= 15 is 0 Å². The average molecular weight is 383 g/mol. The Kier molecular flexibility index (Phi) is 8.58. The van der Waals surface area contributed by atoms with Gasteiger partial charge in [0, 0.05) is 0 Å². The molecule has 0 unspecified atom stereocenters. The number of nitrogens with zero attached hydrogens (tertiary/aromatic N) is 1. The zero-order valence-electron chi connectivity index (χ0n) is 13.6. The van der Waals surface area contributed by atoms with Crippen LogP contribution in [0.3, 0.4) is 0 Å². The summed E-state index contributed by atoms with van der Waals surface area (Å²) in [6, 6.07) is 4.49. The Labute approximate surface area is 129 Å². The maximum absolute atomic E-state index is 5.96. The topological polar surface area (TPSA) is 38.9 Å². The Morgan fingerprint density at radius 1 is 0.950 bits per heavy atom. The normalized spacial score (nSPS) is 11.8. The quantitative estimate of drug-likeness (QED) is 0.594. The average Bonchev–Trinajstić information content (AvgIpc) is 2.47. The molecule has 114 valence electrons. The summed E-state index contributed by atoms with van der Waals surface area (Å²) in [6.45, 7) is 6.95. The van der Waals surface area contributed by atoms with Crippen molar-refractivity contribution in [1.82, 2.24) is 4.98 Å². The summed E-state index contributed by atoms with van der Waals surface area (Å²) >= 11 is -2.26. The van der Waals surface area contributed by atoms with E-state index in [9.17, 15) is 0 Å². The summed E-state index contributed by atoms with van der Waals surface area (Å²) in [4.78, 5) is 4.21. The van der Waals surface area contributed by atoms with E-state index in [0.29, 0.717) is 5.82 Å². The van der Waals surface area contributed by atoms with E-state index < -0.39 is 18.4 Å². The van der Waals surface area contributed by atoms with Gasteiger partial charge in [0.15, 0.2) is 0 Å². The molecule has 0 aliphatic carbocycles. The second kappa shape index (κ2) is 9.64. The van der Waals surface area contributed by atoms with Crippen LogP contribution in [0.15, 0.2) is 18.3 Å². The molecule has 0 saturated carbocycles. The van der Waals surface area contributed by atoms with Crippen molar-refractivity contribution in [3.63, 3.8) is 0 Å². The van der Waals surface area contributed by atoms with Gasteiger partial charge < -0.3 is 0 Å². The van der Waals surface area contributed by atoms with Gasteiger partial charge in [-0.25, -0.2) is 0 Å². The molecule has 20 heavy (non-hydrogen) atoms. The minimum absolute atomic E-state index is 0.716. The Morgan fingerprint density at radius 2 is 1.45 bits per heavy atom. The number of unbranched alkanes of at least 4 members (excludes halogenated alkanes) is 3. The number of hydrogen-bond acceptors (Lipinski definition) is 2. The van der Waals surface area contributed by atoms with Gasteiger partial charge in [-0.05, 0) is 0 Å². The third kappa shape index (κ3) is 5.27. The second-order valence-corrected chi connectivity index (χ2v) is 19.3. The van der Waals surface area contributed by atoms with Gasteiger partial charge in [0.05, 0.1) is 0 Å². The Hall–Kier alpha value is -0.251. The molecule has 1 heterocycles. The summed E-state index contributed by atoms with van der Waals surface area (Å²) in [7, 11) is 0. The fourth-order valence-electron chi connectivity index (χ4n) is 3.13. The molecule has 0 aliphatic heterocycles. The van der Waals surface area contributed by atoms with E-state index in [-0.39, 0.29) is 0 Å². The number of hydrogen-bond donors (Lipinski definition) is 1. The van der Waals surface area contributed by atoms with Crippen molar-refractivity contribution in [2.24, 2.45) is 0 Å². The molecule has 0 fully saturated rings. The monoisotopic (exact) mass is 384 g/mol. The van der Waals surface area contributed by atoms with Crippen LogP contribution in [0.4, 0.5) is 5.82 Å². The van der Waals surface area contributed by atoms with Crippen LogP contribution in [0.1, 0.15) is 59.3 Å². The van der Waals surface area contributed by atoms with Gasteiger partial charge in [-0.15, -0.1) is 0 Å². The number of nitrogens with two attached hydrogens (primary N) is 1. The molecule has 2 nitrogen and oxygen atoms in total. The van der Waals surface area contributed by atoms with Crippen LogP contribution in [-0.4, -0.2) is 23.4 Å². The van der Waals surface area contributed by atoms with E-state index in [1.165, 1.54) is 51.8 Å². The van der Waals surface area contributed by atoms with Crippen molar-refractivity contribution >= 4 is 27.8 Å². The van der Waals surface area contributed by atoms with Crippen molar-refractivity contribution in [3.8, 4) is 0 Å². The summed E-state index contributed by atoms with van der Waals surface area (Å²) in [5, 5.41) is 0. The summed E-state index contributed by atoms with van der Waals surface area (Å²) in [5.41, 5.74) is 5.96. The Bertz CT molecular complexity index is 357. The van der Waals surface area contributed by atoms with Gasteiger partial charge in [0.2, 0.25) is 0 Å². The van der Waals surface area contributed by atoms with Crippen LogP contribution in [0.25, 0.3) is 0 Å². The molecule has 0 bridgehead atoms. The molecule has 1 rings (SSSR count). The maximum atomic E-state index is 5.96. The predicted molar refractivity (Wildman–Crippen MR) is 93.2 cm³/mol. The number of nitrogen functional groups attached to an aromatic ring is 1. The molecular weight excluding hydrogens is 351 g/mol. The van der Waals surface area contributed by atoms with Gasteiger partial charge in [-0.2, -0.15) is 0 Å². The van der Waals surface area contributed by atoms with E-state index in [4.69, 9.17) is 5.73 Å². The van der Waals surface area contributed by atoms with Crippen molar-refractivity contribution in [3.05, 3.63) is 18.3 Å². The molecule has 1 aromatic rings. The first-order chi connectivity index (χ1) is 9.68.